The SMILES string of the molecule is CCC(C)C(=O)OCCCOc1ccc(F)cc1. The minimum Gasteiger partial charge on any atom is -0.493 e. The number of esters is 1. The second-order valence-corrected chi connectivity index (χ2v) is 4.13. The maximum Gasteiger partial charge on any atom is 0.308 e. The van der Waals surface area contributed by atoms with Gasteiger partial charge in [-0.1, -0.05) is 13.8 Å². The quantitative estimate of drug-likeness (QED) is 0.553. The Hall–Kier alpha value is -1.58. The van der Waals surface area contributed by atoms with Crippen LogP contribution in [0.15, 0.2) is 24.3 Å². The van der Waals surface area contributed by atoms with Gasteiger partial charge in [0.1, 0.15) is 11.6 Å². The van der Waals surface area contributed by atoms with Gasteiger partial charge in [-0.25, -0.2) is 4.39 Å². The summed E-state index contributed by atoms with van der Waals surface area (Å²) in [7, 11) is 0. The zero-order valence-corrected chi connectivity index (χ0v) is 10.8. The topological polar surface area (TPSA) is 35.5 Å². The van der Waals surface area contributed by atoms with Crippen LogP contribution in [0.2, 0.25) is 0 Å². The number of ether oxygens (including phenoxy) is 2. The van der Waals surface area contributed by atoms with Crippen LogP contribution in [0.5, 0.6) is 5.75 Å². The fraction of sp³-hybridized carbons (Fsp3) is 0.500. The van der Waals surface area contributed by atoms with Crippen LogP contribution in [0.4, 0.5) is 4.39 Å². The number of carbonyl (C=O) groups excluding carboxylic acids is 1. The van der Waals surface area contributed by atoms with Crippen LogP contribution in [0, 0.1) is 11.7 Å². The Morgan fingerprint density at radius 2 is 1.94 bits per heavy atom. The van der Waals surface area contributed by atoms with E-state index >= 15 is 0 Å². The van der Waals surface area contributed by atoms with Crippen LogP contribution < -0.4 is 4.74 Å². The predicted octanol–water partition coefficient (Wildman–Crippen LogP) is 3.18. The molecular weight excluding hydrogens is 235 g/mol. The molecule has 1 aromatic carbocycles. The Balaban J connectivity index is 2.12. The van der Waals surface area contributed by atoms with Crippen molar-refractivity contribution < 1.29 is 18.7 Å². The molecule has 0 fully saturated rings. The summed E-state index contributed by atoms with van der Waals surface area (Å²) in [5.74, 6) is 0.108. The van der Waals surface area contributed by atoms with Gasteiger partial charge in [0.05, 0.1) is 19.1 Å². The van der Waals surface area contributed by atoms with E-state index in [1.807, 2.05) is 13.8 Å². The van der Waals surface area contributed by atoms with Gasteiger partial charge < -0.3 is 9.47 Å². The van der Waals surface area contributed by atoms with Crippen molar-refractivity contribution in [3.63, 3.8) is 0 Å². The molecule has 0 saturated heterocycles. The van der Waals surface area contributed by atoms with Crippen molar-refractivity contribution in [2.75, 3.05) is 13.2 Å². The molecule has 1 aromatic rings. The lowest BCUT2D eigenvalue weighted by molar-refractivity contribution is -0.148. The van der Waals surface area contributed by atoms with Crippen LogP contribution in [-0.4, -0.2) is 19.2 Å². The number of hydrogen-bond acceptors (Lipinski definition) is 3. The molecule has 0 spiro atoms. The standard InChI is InChI=1S/C14H19FO3/c1-3-11(2)14(16)18-10-4-9-17-13-7-5-12(15)6-8-13/h5-8,11H,3-4,9-10H2,1-2H3. The van der Waals surface area contributed by atoms with Crippen LogP contribution in [0.25, 0.3) is 0 Å². The molecule has 18 heavy (non-hydrogen) atoms. The molecule has 0 amide bonds. The molecule has 0 heterocycles. The number of rotatable bonds is 7. The molecule has 100 valence electrons. The van der Waals surface area contributed by atoms with E-state index in [1.54, 1.807) is 12.1 Å². The number of benzene rings is 1. The molecule has 0 radical (unpaired) electrons. The van der Waals surface area contributed by atoms with E-state index in [4.69, 9.17) is 9.47 Å². The summed E-state index contributed by atoms with van der Waals surface area (Å²) in [6, 6.07) is 5.83. The maximum absolute atomic E-state index is 12.6. The molecule has 0 aromatic heterocycles. The third kappa shape index (κ3) is 5.17. The first-order chi connectivity index (χ1) is 8.63. The van der Waals surface area contributed by atoms with E-state index in [9.17, 15) is 9.18 Å². The normalized spacial score (nSPS) is 11.9. The largest absolute Gasteiger partial charge is 0.493 e. The smallest absolute Gasteiger partial charge is 0.308 e. The molecule has 4 heteroatoms. The third-order valence-electron chi connectivity index (χ3n) is 2.63. The molecule has 0 saturated carbocycles. The highest BCUT2D eigenvalue weighted by atomic mass is 19.1. The Kier molecular flexibility index (Phi) is 6.19. The first-order valence-corrected chi connectivity index (χ1v) is 6.18. The molecule has 0 aliphatic heterocycles. The Morgan fingerprint density at radius 3 is 2.56 bits per heavy atom. The molecule has 0 aliphatic rings. The van der Waals surface area contributed by atoms with Gasteiger partial charge in [-0.05, 0) is 30.7 Å². The Morgan fingerprint density at radius 1 is 1.28 bits per heavy atom. The maximum atomic E-state index is 12.6. The second kappa shape index (κ2) is 7.69. The minimum atomic E-state index is -0.287. The molecule has 1 unspecified atom stereocenters. The summed E-state index contributed by atoms with van der Waals surface area (Å²) in [6.07, 6.45) is 1.41. The predicted molar refractivity (Wildman–Crippen MR) is 66.9 cm³/mol. The molecule has 0 N–H and O–H groups in total. The van der Waals surface area contributed by atoms with Crippen LogP contribution in [0.1, 0.15) is 26.7 Å². The summed E-state index contributed by atoms with van der Waals surface area (Å²) in [5, 5.41) is 0. The van der Waals surface area contributed by atoms with Crippen molar-refractivity contribution in [1.82, 2.24) is 0 Å². The highest BCUT2D eigenvalue weighted by Gasteiger charge is 2.10. The average Bonchev–Trinajstić information content (AvgIpc) is 2.39. The first-order valence-electron chi connectivity index (χ1n) is 6.18. The molecule has 0 bridgehead atoms. The fourth-order valence-corrected chi connectivity index (χ4v) is 1.26. The lowest BCUT2D eigenvalue weighted by Crippen LogP contribution is -2.15. The summed E-state index contributed by atoms with van der Waals surface area (Å²) >= 11 is 0. The van der Waals surface area contributed by atoms with Gasteiger partial charge in [-0.15, -0.1) is 0 Å². The highest BCUT2D eigenvalue weighted by Crippen LogP contribution is 2.11. The second-order valence-electron chi connectivity index (χ2n) is 4.13. The van der Waals surface area contributed by atoms with Crippen molar-refractivity contribution in [3.05, 3.63) is 30.1 Å². The lowest BCUT2D eigenvalue weighted by atomic mass is 10.1. The van der Waals surface area contributed by atoms with E-state index in [-0.39, 0.29) is 17.7 Å². The minimum absolute atomic E-state index is 0.0528. The zero-order valence-electron chi connectivity index (χ0n) is 10.8. The van der Waals surface area contributed by atoms with Crippen LogP contribution in [-0.2, 0) is 9.53 Å². The number of carbonyl (C=O) groups is 1. The lowest BCUT2D eigenvalue weighted by Gasteiger charge is -2.09. The van der Waals surface area contributed by atoms with E-state index in [1.165, 1.54) is 12.1 Å². The van der Waals surface area contributed by atoms with E-state index in [0.717, 1.165) is 6.42 Å². The summed E-state index contributed by atoms with van der Waals surface area (Å²) in [4.78, 5) is 11.3. The number of halogens is 1. The van der Waals surface area contributed by atoms with E-state index < -0.39 is 0 Å². The first kappa shape index (κ1) is 14.5. The molecule has 3 nitrogen and oxygen atoms in total. The van der Waals surface area contributed by atoms with Crippen LogP contribution >= 0.6 is 0 Å². The monoisotopic (exact) mass is 254 g/mol. The van der Waals surface area contributed by atoms with Crippen molar-refractivity contribution in [2.24, 2.45) is 5.92 Å². The van der Waals surface area contributed by atoms with Crippen molar-refractivity contribution in [1.29, 1.82) is 0 Å². The summed E-state index contributed by atoms with van der Waals surface area (Å²) < 4.78 is 23.1. The van der Waals surface area contributed by atoms with E-state index in [0.29, 0.717) is 25.4 Å². The van der Waals surface area contributed by atoms with Crippen molar-refractivity contribution in [3.8, 4) is 5.75 Å². The van der Waals surface area contributed by atoms with Gasteiger partial charge in [0.15, 0.2) is 0 Å². The van der Waals surface area contributed by atoms with Gasteiger partial charge in [0.2, 0.25) is 0 Å². The van der Waals surface area contributed by atoms with Gasteiger partial charge in [0.25, 0.3) is 0 Å². The molecule has 1 rings (SSSR count). The molecule has 1 atom stereocenters. The van der Waals surface area contributed by atoms with Gasteiger partial charge >= 0.3 is 5.97 Å². The molecular formula is C14H19FO3. The highest BCUT2D eigenvalue weighted by molar-refractivity contribution is 5.71. The summed E-state index contributed by atoms with van der Waals surface area (Å²) in [6.45, 7) is 4.59. The van der Waals surface area contributed by atoms with Crippen LogP contribution in [0.3, 0.4) is 0 Å². The Labute approximate surface area is 107 Å². The van der Waals surface area contributed by atoms with Crippen molar-refractivity contribution >= 4 is 5.97 Å². The van der Waals surface area contributed by atoms with E-state index in [2.05, 4.69) is 0 Å². The molecule has 0 aliphatic carbocycles. The number of hydrogen-bond donors (Lipinski definition) is 0. The third-order valence-corrected chi connectivity index (χ3v) is 2.63. The zero-order chi connectivity index (χ0) is 13.4. The average molecular weight is 254 g/mol. The van der Waals surface area contributed by atoms with Gasteiger partial charge in [-0.2, -0.15) is 0 Å². The van der Waals surface area contributed by atoms with Crippen molar-refractivity contribution in [2.45, 2.75) is 26.7 Å². The fourth-order valence-electron chi connectivity index (χ4n) is 1.26. The summed E-state index contributed by atoms with van der Waals surface area (Å²) in [5.41, 5.74) is 0. The van der Waals surface area contributed by atoms with Gasteiger partial charge in [0, 0.05) is 6.42 Å². The van der Waals surface area contributed by atoms with Gasteiger partial charge in [-0.3, -0.25) is 4.79 Å². The Bertz CT molecular complexity index is 362.